The third kappa shape index (κ3) is 3.65. The predicted octanol–water partition coefficient (Wildman–Crippen LogP) is 1.07. The molecule has 18 heavy (non-hydrogen) atoms. The molecule has 0 aromatic carbocycles. The summed E-state index contributed by atoms with van der Waals surface area (Å²) in [5, 5.41) is 3.44. The fourth-order valence-electron chi connectivity index (χ4n) is 2.40. The monoisotopic (exact) mass is 250 g/mol. The molecule has 1 aromatic rings. The van der Waals surface area contributed by atoms with E-state index in [1.807, 2.05) is 6.20 Å². The van der Waals surface area contributed by atoms with Crippen LogP contribution in [0.5, 0.6) is 0 Å². The average molecular weight is 250 g/mol. The molecule has 1 aliphatic heterocycles. The molecule has 1 saturated heterocycles. The van der Waals surface area contributed by atoms with Crippen LogP contribution in [0.15, 0.2) is 18.6 Å². The summed E-state index contributed by atoms with van der Waals surface area (Å²) in [6, 6.07) is 0.521. The van der Waals surface area contributed by atoms with Crippen molar-refractivity contribution in [3.8, 4) is 0 Å². The van der Waals surface area contributed by atoms with Crippen molar-refractivity contribution >= 4 is 5.82 Å². The van der Waals surface area contributed by atoms with Crippen LogP contribution in [0, 0.1) is 0 Å². The van der Waals surface area contributed by atoms with Gasteiger partial charge in [0.15, 0.2) is 0 Å². The van der Waals surface area contributed by atoms with Crippen LogP contribution in [0.1, 0.15) is 19.3 Å². The van der Waals surface area contributed by atoms with E-state index in [0.29, 0.717) is 6.04 Å². The van der Waals surface area contributed by atoms with Crippen molar-refractivity contribution in [1.82, 2.24) is 15.3 Å². The van der Waals surface area contributed by atoms with Crippen LogP contribution in [0.2, 0.25) is 0 Å². The molecule has 0 saturated carbocycles. The molecule has 5 heteroatoms. The molecule has 2 rings (SSSR count). The third-order valence-electron chi connectivity index (χ3n) is 3.33. The smallest absolute Gasteiger partial charge is 0.147 e. The highest BCUT2D eigenvalue weighted by Gasteiger charge is 2.23. The summed E-state index contributed by atoms with van der Waals surface area (Å²) in [6.45, 7) is 3.73. The fourth-order valence-corrected chi connectivity index (χ4v) is 2.40. The van der Waals surface area contributed by atoms with Gasteiger partial charge in [0, 0.05) is 45.2 Å². The molecule has 2 heterocycles. The van der Waals surface area contributed by atoms with Gasteiger partial charge < -0.3 is 15.0 Å². The number of methoxy groups -OCH3 is 1. The van der Waals surface area contributed by atoms with Gasteiger partial charge in [0.25, 0.3) is 0 Å². The lowest BCUT2D eigenvalue weighted by Crippen LogP contribution is -2.46. The fraction of sp³-hybridized carbons (Fsp3) is 0.692. The zero-order valence-corrected chi connectivity index (χ0v) is 11.0. The summed E-state index contributed by atoms with van der Waals surface area (Å²) in [6.07, 6.45) is 9.10. The van der Waals surface area contributed by atoms with Crippen molar-refractivity contribution in [3.05, 3.63) is 18.6 Å². The molecule has 0 spiro atoms. The van der Waals surface area contributed by atoms with Crippen molar-refractivity contribution in [2.45, 2.75) is 25.3 Å². The lowest BCUT2D eigenvalue weighted by Gasteiger charge is -2.36. The molecule has 0 aliphatic carbocycles. The molecule has 0 amide bonds. The summed E-state index contributed by atoms with van der Waals surface area (Å²) in [5.74, 6) is 0.996. The number of nitrogens with zero attached hydrogens (tertiary/aromatic N) is 3. The van der Waals surface area contributed by atoms with Gasteiger partial charge in [0.2, 0.25) is 0 Å². The van der Waals surface area contributed by atoms with E-state index in [1.54, 1.807) is 19.5 Å². The van der Waals surface area contributed by atoms with E-state index in [-0.39, 0.29) is 0 Å². The lowest BCUT2D eigenvalue weighted by atomic mass is 10.0. The van der Waals surface area contributed by atoms with E-state index >= 15 is 0 Å². The SMILES string of the molecule is COCCNCC1CCCCN1c1cnccn1. The number of ether oxygens (including phenoxy) is 1. The molecule has 1 N–H and O–H groups in total. The minimum absolute atomic E-state index is 0.521. The van der Waals surface area contributed by atoms with Gasteiger partial charge in [0.1, 0.15) is 5.82 Å². The van der Waals surface area contributed by atoms with Crippen molar-refractivity contribution in [2.24, 2.45) is 0 Å². The Morgan fingerprint density at radius 3 is 3.17 bits per heavy atom. The topological polar surface area (TPSA) is 50.3 Å². The number of piperidine rings is 1. The summed E-state index contributed by atoms with van der Waals surface area (Å²) in [7, 11) is 1.73. The standard InChI is InChI=1S/C13H22N4O/c1-18-9-7-15-10-12-4-2-3-8-17(12)13-11-14-5-6-16-13/h5-6,11-12,15H,2-4,7-10H2,1H3. The summed E-state index contributed by atoms with van der Waals surface area (Å²) >= 11 is 0. The maximum atomic E-state index is 5.04. The zero-order chi connectivity index (χ0) is 12.6. The Labute approximate surface area is 109 Å². The second-order valence-corrected chi connectivity index (χ2v) is 4.60. The number of hydrogen-bond donors (Lipinski definition) is 1. The Kier molecular flexibility index (Phi) is 5.36. The van der Waals surface area contributed by atoms with E-state index in [1.165, 1.54) is 19.3 Å². The Bertz CT molecular complexity index is 333. The van der Waals surface area contributed by atoms with Gasteiger partial charge in [0.05, 0.1) is 12.8 Å². The third-order valence-corrected chi connectivity index (χ3v) is 3.33. The highest BCUT2D eigenvalue weighted by molar-refractivity contribution is 5.37. The van der Waals surface area contributed by atoms with Crippen molar-refractivity contribution < 1.29 is 4.74 Å². The quantitative estimate of drug-likeness (QED) is 0.765. The number of nitrogens with one attached hydrogen (secondary N) is 1. The summed E-state index contributed by atoms with van der Waals surface area (Å²) in [4.78, 5) is 10.9. The van der Waals surface area contributed by atoms with Crippen LogP contribution in [0.4, 0.5) is 5.82 Å². The van der Waals surface area contributed by atoms with E-state index in [2.05, 4.69) is 20.2 Å². The second kappa shape index (κ2) is 7.28. The zero-order valence-electron chi connectivity index (χ0n) is 11.0. The van der Waals surface area contributed by atoms with Gasteiger partial charge in [-0.05, 0) is 19.3 Å². The minimum Gasteiger partial charge on any atom is -0.383 e. The molecule has 1 aromatic heterocycles. The largest absolute Gasteiger partial charge is 0.383 e. The van der Waals surface area contributed by atoms with Crippen LogP contribution in [0.25, 0.3) is 0 Å². The van der Waals surface area contributed by atoms with Crippen LogP contribution >= 0.6 is 0 Å². The van der Waals surface area contributed by atoms with E-state index in [0.717, 1.165) is 32.1 Å². The van der Waals surface area contributed by atoms with Gasteiger partial charge in [-0.25, -0.2) is 4.98 Å². The number of aromatic nitrogens is 2. The van der Waals surface area contributed by atoms with Gasteiger partial charge in [-0.15, -0.1) is 0 Å². The van der Waals surface area contributed by atoms with Gasteiger partial charge in [-0.1, -0.05) is 0 Å². The molecular weight excluding hydrogens is 228 g/mol. The van der Waals surface area contributed by atoms with Gasteiger partial charge in [-0.2, -0.15) is 0 Å². The van der Waals surface area contributed by atoms with Crippen LogP contribution in [-0.4, -0.2) is 49.4 Å². The number of hydrogen-bond acceptors (Lipinski definition) is 5. The Morgan fingerprint density at radius 2 is 2.39 bits per heavy atom. The predicted molar refractivity (Wildman–Crippen MR) is 71.8 cm³/mol. The number of anilines is 1. The van der Waals surface area contributed by atoms with Gasteiger partial charge in [-0.3, -0.25) is 4.98 Å². The van der Waals surface area contributed by atoms with Crippen molar-refractivity contribution in [1.29, 1.82) is 0 Å². The van der Waals surface area contributed by atoms with E-state index < -0.39 is 0 Å². The first-order chi connectivity index (χ1) is 8.92. The Balaban J connectivity index is 1.90. The molecule has 0 bridgehead atoms. The molecule has 1 atom stereocenters. The maximum Gasteiger partial charge on any atom is 0.147 e. The lowest BCUT2D eigenvalue weighted by molar-refractivity contribution is 0.198. The molecule has 5 nitrogen and oxygen atoms in total. The van der Waals surface area contributed by atoms with Crippen molar-refractivity contribution in [2.75, 3.05) is 38.3 Å². The molecule has 1 fully saturated rings. The van der Waals surface area contributed by atoms with E-state index in [9.17, 15) is 0 Å². The molecular formula is C13H22N4O. The molecule has 100 valence electrons. The summed E-state index contributed by atoms with van der Waals surface area (Å²) < 4.78 is 5.04. The Hall–Kier alpha value is -1.20. The normalized spacial score (nSPS) is 20.1. The van der Waals surface area contributed by atoms with Crippen LogP contribution < -0.4 is 10.2 Å². The molecule has 1 aliphatic rings. The summed E-state index contributed by atoms with van der Waals surface area (Å²) in [5.41, 5.74) is 0. The van der Waals surface area contributed by atoms with Crippen molar-refractivity contribution in [3.63, 3.8) is 0 Å². The Morgan fingerprint density at radius 1 is 1.44 bits per heavy atom. The maximum absolute atomic E-state index is 5.04. The first kappa shape index (κ1) is 13.2. The number of rotatable bonds is 6. The molecule has 1 unspecified atom stereocenters. The molecule has 0 radical (unpaired) electrons. The highest BCUT2D eigenvalue weighted by Crippen LogP contribution is 2.21. The second-order valence-electron chi connectivity index (χ2n) is 4.60. The first-order valence-electron chi connectivity index (χ1n) is 6.64. The average Bonchev–Trinajstić information content (AvgIpc) is 2.45. The van der Waals surface area contributed by atoms with Gasteiger partial charge >= 0.3 is 0 Å². The van der Waals surface area contributed by atoms with Crippen LogP contribution in [-0.2, 0) is 4.74 Å². The highest BCUT2D eigenvalue weighted by atomic mass is 16.5. The van der Waals surface area contributed by atoms with E-state index in [4.69, 9.17) is 4.74 Å². The first-order valence-corrected chi connectivity index (χ1v) is 6.64. The van der Waals surface area contributed by atoms with Crippen LogP contribution in [0.3, 0.4) is 0 Å². The minimum atomic E-state index is 0.521.